The molecule has 1 heterocycles. The van der Waals surface area contributed by atoms with Crippen molar-refractivity contribution in [2.75, 3.05) is 18.5 Å². The van der Waals surface area contributed by atoms with Crippen LogP contribution in [0.25, 0.3) is 0 Å². The standard InChI is InChI=1S/C15H26FN3/c1-6-17-9-13-8-14(16)10-18-15(13)19(5)12(4)7-11(2)3/h8,10-12,17H,6-7,9H2,1-5H3. The van der Waals surface area contributed by atoms with E-state index in [4.69, 9.17) is 0 Å². The van der Waals surface area contributed by atoms with Crippen molar-refractivity contribution in [2.45, 2.75) is 46.7 Å². The zero-order chi connectivity index (χ0) is 14.4. The zero-order valence-electron chi connectivity index (χ0n) is 12.7. The van der Waals surface area contributed by atoms with E-state index in [0.717, 1.165) is 24.3 Å². The number of hydrogen-bond acceptors (Lipinski definition) is 3. The van der Waals surface area contributed by atoms with Crippen molar-refractivity contribution >= 4 is 5.82 Å². The Balaban J connectivity index is 2.90. The number of nitrogens with zero attached hydrogens (tertiary/aromatic N) is 2. The van der Waals surface area contributed by atoms with Gasteiger partial charge in [-0.2, -0.15) is 0 Å². The van der Waals surface area contributed by atoms with Crippen molar-refractivity contribution in [1.29, 1.82) is 0 Å². The highest BCUT2D eigenvalue weighted by Gasteiger charge is 2.16. The van der Waals surface area contributed by atoms with Crippen LogP contribution >= 0.6 is 0 Å². The first-order chi connectivity index (χ1) is 8.95. The fourth-order valence-corrected chi connectivity index (χ4v) is 2.23. The molecule has 0 radical (unpaired) electrons. The van der Waals surface area contributed by atoms with Gasteiger partial charge in [0.05, 0.1) is 6.20 Å². The summed E-state index contributed by atoms with van der Waals surface area (Å²) in [6.45, 7) is 10.2. The number of anilines is 1. The SMILES string of the molecule is CCNCc1cc(F)cnc1N(C)C(C)CC(C)C. The van der Waals surface area contributed by atoms with E-state index in [1.165, 1.54) is 6.20 Å². The summed E-state index contributed by atoms with van der Waals surface area (Å²) in [5, 5.41) is 3.23. The normalized spacial score (nSPS) is 12.8. The Kier molecular flexibility index (Phi) is 6.22. The van der Waals surface area contributed by atoms with Gasteiger partial charge in [-0.25, -0.2) is 9.37 Å². The molecule has 0 spiro atoms. The smallest absolute Gasteiger partial charge is 0.141 e. The second-order valence-electron chi connectivity index (χ2n) is 5.51. The lowest BCUT2D eigenvalue weighted by Crippen LogP contribution is -2.32. The lowest BCUT2D eigenvalue weighted by Gasteiger charge is -2.29. The maximum absolute atomic E-state index is 13.3. The van der Waals surface area contributed by atoms with Gasteiger partial charge in [0.2, 0.25) is 0 Å². The summed E-state index contributed by atoms with van der Waals surface area (Å²) in [5.41, 5.74) is 0.917. The fourth-order valence-electron chi connectivity index (χ4n) is 2.23. The number of pyridine rings is 1. The molecule has 1 aromatic heterocycles. The molecule has 0 fully saturated rings. The number of hydrogen-bond donors (Lipinski definition) is 1. The van der Waals surface area contributed by atoms with Gasteiger partial charge in [0.25, 0.3) is 0 Å². The summed E-state index contributed by atoms with van der Waals surface area (Å²) in [4.78, 5) is 6.42. The maximum Gasteiger partial charge on any atom is 0.141 e. The third-order valence-electron chi connectivity index (χ3n) is 3.28. The second-order valence-corrected chi connectivity index (χ2v) is 5.51. The molecule has 0 saturated heterocycles. The molecule has 0 aromatic carbocycles. The maximum atomic E-state index is 13.3. The average Bonchev–Trinajstić information content (AvgIpc) is 2.34. The van der Waals surface area contributed by atoms with E-state index < -0.39 is 0 Å². The Bertz CT molecular complexity index is 393. The third-order valence-corrected chi connectivity index (χ3v) is 3.28. The lowest BCUT2D eigenvalue weighted by molar-refractivity contribution is 0.500. The molecule has 0 saturated carbocycles. The van der Waals surface area contributed by atoms with Crippen molar-refractivity contribution in [3.63, 3.8) is 0 Å². The predicted octanol–water partition coefficient (Wildman–Crippen LogP) is 3.20. The molecule has 1 aromatic rings. The molecule has 1 unspecified atom stereocenters. The summed E-state index contributed by atoms with van der Waals surface area (Å²) in [7, 11) is 2.03. The van der Waals surface area contributed by atoms with E-state index in [-0.39, 0.29) is 5.82 Å². The second kappa shape index (κ2) is 7.43. The first-order valence-electron chi connectivity index (χ1n) is 7.03. The Labute approximate surface area is 116 Å². The van der Waals surface area contributed by atoms with Gasteiger partial charge in [0.15, 0.2) is 0 Å². The Morgan fingerprint density at radius 2 is 2.05 bits per heavy atom. The summed E-state index contributed by atoms with van der Waals surface area (Å²) < 4.78 is 13.3. The molecule has 1 N–H and O–H groups in total. The summed E-state index contributed by atoms with van der Waals surface area (Å²) in [6, 6.07) is 1.96. The molecule has 0 amide bonds. The highest BCUT2D eigenvalue weighted by molar-refractivity contribution is 5.47. The van der Waals surface area contributed by atoms with Gasteiger partial charge in [0.1, 0.15) is 11.6 Å². The van der Waals surface area contributed by atoms with Gasteiger partial charge in [-0.05, 0) is 31.9 Å². The van der Waals surface area contributed by atoms with Crippen LogP contribution in [-0.2, 0) is 6.54 Å². The summed E-state index contributed by atoms with van der Waals surface area (Å²) >= 11 is 0. The lowest BCUT2D eigenvalue weighted by atomic mass is 10.0. The highest BCUT2D eigenvalue weighted by Crippen LogP contribution is 2.21. The molecular formula is C15H26FN3. The van der Waals surface area contributed by atoms with Crippen LogP contribution in [0, 0.1) is 11.7 Å². The van der Waals surface area contributed by atoms with Crippen LogP contribution in [0.15, 0.2) is 12.3 Å². The van der Waals surface area contributed by atoms with E-state index in [9.17, 15) is 4.39 Å². The van der Waals surface area contributed by atoms with Crippen molar-refractivity contribution in [3.05, 3.63) is 23.6 Å². The molecule has 3 nitrogen and oxygen atoms in total. The van der Waals surface area contributed by atoms with Gasteiger partial charge in [-0.1, -0.05) is 20.8 Å². The van der Waals surface area contributed by atoms with Crippen LogP contribution in [0.2, 0.25) is 0 Å². The zero-order valence-corrected chi connectivity index (χ0v) is 12.7. The molecule has 0 aliphatic heterocycles. The van der Waals surface area contributed by atoms with Crippen molar-refractivity contribution in [3.8, 4) is 0 Å². The largest absolute Gasteiger partial charge is 0.357 e. The molecule has 1 atom stereocenters. The van der Waals surface area contributed by atoms with E-state index >= 15 is 0 Å². The minimum Gasteiger partial charge on any atom is -0.357 e. The Morgan fingerprint density at radius 1 is 1.37 bits per heavy atom. The topological polar surface area (TPSA) is 28.2 Å². The Hall–Kier alpha value is -1.16. The number of rotatable bonds is 7. The summed E-state index contributed by atoms with van der Waals surface area (Å²) in [5.74, 6) is 1.23. The first kappa shape index (κ1) is 15.9. The average molecular weight is 267 g/mol. The number of halogens is 1. The number of nitrogens with one attached hydrogen (secondary N) is 1. The molecule has 19 heavy (non-hydrogen) atoms. The van der Waals surface area contributed by atoms with Gasteiger partial charge < -0.3 is 10.2 Å². The predicted molar refractivity (Wildman–Crippen MR) is 78.9 cm³/mol. The molecule has 0 aliphatic rings. The first-order valence-corrected chi connectivity index (χ1v) is 7.03. The minimum absolute atomic E-state index is 0.276. The van der Waals surface area contributed by atoms with Gasteiger partial charge in [-0.15, -0.1) is 0 Å². The quantitative estimate of drug-likeness (QED) is 0.822. The van der Waals surface area contributed by atoms with Crippen molar-refractivity contribution in [2.24, 2.45) is 5.92 Å². The minimum atomic E-state index is -0.276. The van der Waals surface area contributed by atoms with Crippen LogP contribution in [-0.4, -0.2) is 24.6 Å². The van der Waals surface area contributed by atoms with Gasteiger partial charge >= 0.3 is 0 Å². The molecule has 108 valence electrons. The number of aromatic nitrogens is 1. The van der Waals surface area contributed by atoms with Crippen LogP contribution in [0.3, 0.4) is 0 Å². The third kappa shape index (κ3) is 4.78. The highest BCUT2D eigenvalue weighted by atomic mass is 19.1. The molecule has 1 rings (SSSR count). The monoisotopic (exact) mass is 267 g/mol. The fraction of sp³-hybridized carbons (Fsp3) is 0.667. The van der Waals surface area contributed by atoms with Crippen LogP contribution < -0.4 is 10.2 Å². The van der Waals surface area contributed by atoms with Crippen LogP contribution in [0.4, 0.5) is 10.2 Å². The van der Waals surface area contributed by atoms with E-state index in [0.29, 0.717) is 18.5 Å². The van der Waals surface area contributed by atoms with Crippen molar-refractivity contribution in [1.82, 2.24) is 10.3 Å². The molecular weight excluding hydrogens is 241 g/mol. The van der Waals surface area contributed by atoms with E-state index in [1.807, 2.05) is 14.0 Å². The van der Waals surface area contributed by atoms with Crippen LogP contribution in [0.5, 0.6) is 0 Å². The Morgan fingerprint density at radius 3 is 2.63 bits per heavy atom. The van der Waals surface area contributed by atoms with E-state index in [2.05, 4.69) is 36.0 Å². The molecule has 0 bridgehead atoms. The van der Waals surface area contributed by atoms with Gasteiger partial charge in [0, 0.05) is 25.2 Å². The van der Waals surface area contributed by atoms with E-state index in [1.54, 1.807) is 6.07 Å². The van der Waals surface area contributed by atoms with Crippen LogP contribution in [0.1, 0.15) is 39.7 Å². The molecule has 0 aliphatic carbocycles. The van der Waals surface area contributed by atoms with Gasteiger partial charge in [-0.3, -0.25) is 0 Å². The summed E-state index contributed by atoms with van der Waals surface area (Å²) in [6.07, 6.45) is 2.39. The molecule has 4 heteroatoms. The van der Waals surface area contributed by atoms with Crippen molar-refractivity contribution < 1.29 is 4.39 Å².